The highest BCUT2D eigenvalue weighted by Crippen LogP contribution is 1.94. The molecule has 2 N–H and O–H groups in total. The zero-order valence-corrected chi connectivity index (χ0v) is 7.38. The average Bonchev–Trinajstić information content (AvgIpc) is 2.19. The van der Waals surface area contributed by atoms with E-state index in [4.69, 9.17) is 0 Å². The SMILES string of the molecule is CCCC1=N\NCN/C=C/C=C\1. The fourth-order valence-electron chi connectivity index (χ4n) is 0.969. The van der Waals surface area contributed by atoms with E-state index < -0.39 is 0 Å². The lowest BCUT2D eigenvalue weighted by molar-refractivity contribution is 0.685. The molecule has 0 fully saturated rings. The largest absolute Gasteiger partial charge is 0.373 e. The molecule has 0 aromatic heterocycles. The van der Waals surface area contributed by atoms with Crippen molar-refractivity contribution in [2.45, 2.75) is 19.8 Å². The minimum absolute atomic E-state index is 0.686. The maximum Gasteiger partial charge on any atom is 0.101 e. The summed E-state index contributed by atoms with van der Waals surface area (Å²) in [5, 5.41) is 7.25. The fraction of sp³-hybridized carbons (Fsp3) is 0.444. The van der Waals surface area contributed by atoms with Crippen LogP contribution in [-0.4, -0.2) is 12.4 Å². The van der Waals surface area contributed by atoms with Crippen molar-refractivity contribution in [3.8, 4) is 0 Å². The topological polar surface area (TPSA) is 36.4 Å². The Labute approximate surface area is 73.2 Å². The van der Waals surface area contributed by atoms with E-state index in [0.29, 0.717) is 6.67 Å². The number of rotatable bonds is 2. The molecule has 0 amide bonds. The summed E-state index contributed by atoms with van der Waals surface area (Å²) in [5.41, 5.74) is 4.04. The third kappa shape index (κ3) is 3.23. The molecule has 1 aliphatic heterocycles. The van der Waals surface area contributed by atoms with E-state index in [0.717, 1.165) is 18.6 Å². The first-order valence-corrected chi connectivity index (χ1v) is 4.29. The number of nitrogens with zero attached hydrogens (tertiary/aromatic N) is 1. The summed E-state index contributed by atoms with van der Waals surface area (Å²) in [7, 11) is 0. The molecule has 1 rings (SSSR count). The van der Waals surface area contributed by atoms with Crippen LogP contribution in [0.4, 0.5) is 0 Å². The number of hydrogen-bond donors (Lipinski definition) is 2. The van der Waals surface area contributed by atoms with E-state index in [-0.39, 0.29) is 0 Å². The second-order valence-corrected chi connectivity index (χ2v) is 2.61. The van der Waals surface area contributed by atoms with Gasteiger partial charge in [-0.25, -0.2) is 0 Å². The molecular formula is C9H15N3. The molecule has 1 heterocycles. The minimum Gasteiger partial charge on any atom is -0.373 e. The van der Waals surface area contributed by atoms with E-state index in [1.807, 2.05) is 24.4 Å². The molecule has 0 bridgehead atoms. The molecule has 0 radical (unpaired) electrons. The van der Waals surface area contributed by atoms with Crippen LogP contribution >= 0.6 is 0 Å². The van der Waals surface area contributed by atoms with Crippen molar-refractivity contribution in [3.63, 3.8) is 0 Å². The van der Waals surface area contributed by atoms with Gasteiger partial charge in [0, 0.05) is 0 Å². The van der Waals surface area contributed by atoms with Gasteiger partial charge in [-0.1, -0.05) is 19.4 Å². The van der Waals surface area contributed by atoms with Crippen LogP contribution in [0.5, 0.6) is 0 Å². The second-order valence-electron chi connectivity index (χ2n) is 2.61. The van der Waals surface area contributed by atoms with Gasteiger partial charge in [0.1, 0.15) is 6.67 Å². The average molecular weight is 165 g/mol. The summed E-state index contributed by atoms with van der Waals surface area (Å²) in [6.45, 7) is 2.84. The zero-order valence-electron chi connectivity index (χ0n) is 7.38. The number of allylic oxidation sites excluding steroid dienone is 3. The molecule has 0 aromatic carbocycles. The van der Waals surface area contributed by atoms with Crippen LogP contribution in [0.25, 0.3) is 0 Å². The molecule has 12 heavy (non-hydrogen) atoms. The Morgan fingerprint density at radius 2 is 2.42 bits per heavy atom. The predicted molar refractivity (Wildman–Crippen MR) is 51.8 cm³/mol. The maximum atomic E-state index is 4.21. The van der Waals surface area contributed by atoms with Gasteiger partial charge in [0.05, 0.1) is 5.71 Å². The maximum absolute atomic E-state index is 4.21. The Balaban J connectivity index is 2.55. The van der Waals surface area contributed by atoms with Gasteiger partial charge in [0.15, 0.2) is 0 Å². The lowest BCUT2D eigenvalue weighted by Gasteiger charge is -2.00. The lowest BCUT2D eigenvalue weighted by atomic mass is 10.2. The normalized spacial score (nSPS) is 26.2. The Hall–Kier alpha value is -1.25. The molecule has 66 valence electrons. The first-order chi connectivity index (χ1) is 5.93. The van der Waals surface area contributed by atoms with Gasteiger partial charge >= 0.3 is 0 Å². The van der Waals surface area contributed by atoms with Crippen molar-refractivity contribution in [2.75, 3.05) is 6.67 Å². The minimum atomic E-state index is 0.686. The molecule has 3 nitrogen and oxygen atoms in total. The quantitative estimate of drug-likeness (QED) is 0.648. The predicted octanol–water partition coefficient (Wildman–Crippen LogP) is 1.36. The molecule has 0 unspecified atom stereocenters. The van der Waals surface area contributed by atoms with Crippen molar-refractivity contribution in [1.29, 1.82) is 0 Å². The van der Waals surface area contributed by atoms with Gasteiger partial charge in [-0.3, -0.25) is 5.43 Å². The Bertz CT molecular complexity index is 204. The van der Waals surface area contributed by atoms with E-state index >= 15 is 0 Å². The first-order valence-electron chi connectivity index (χ1n) is 4.29. The highest BCUT2D eigenvalue weighted by molar-refractivity contribution is 5.94. The van der Waals surface area contributed by atoms with Gasteiger partial charge in [0.2, 0.25) is 0 Å². The highest BCUT2D eigenvalue weighted by atomic mass is 15.3. The van der Waals surface area contributed by atoms with Crippen LogP contribution in [0.1, 0.15) is 19.8 Å². The Morgan fingerprint density at radius 1 is 1.50 bits per heavy atom. The summed E-state index contributed by atoms with van der Waals surface area (Å²) in [4.78, 5) is 0. The Kier molecular flexibility index (Phi) is 3.98. The molecule has 0 saturated heterocycles. The summed E-state index contributed by atoms with van der Waals surface area (Å²) in [5.74, 6) is 0. The monoisotopic (exact) mass is 165 g/mol. The van der Waals surface area contributed by atoms with Crippen LogP contribution < -0.4 is 10.7 Å². The smallest absolute Gasteiger partial charge is 0.101 e. The zero-order chi connectivity index (χ0) is 8.65. The van der Waals surface area contributed by atoms with E-state index in [1.165, 1.54) is 0 Å². The summed E-state index contributed by atoms with van der Waals surface area (Å²) < 4.78 is 0. The van der Waals surface area contributed by atoms with Crippen LogP contribution in [0.15, 0.2) is 29.5 Å². The van der Waals surface area contributed by atoms with Gasteiger partial charge in [-0.2, -0.15) is 5.10 Å². The molecule has 0 atom stereocenters. The fourth-order valence-corrected chi connectivity index (χ4v) is 0.969. The summed E-state index contributed by atoms with van der Waals surface area (Å²) in [6, 6.07) is 0. The van der Waals surface area contributed by atoms with Crippen LogP contribution in [0.2, 0.25) is 0 Å². The molecule has 0 saturated carbocycles. The van der Waals surface area contributed by atoms with Gasteiger partial charge in [-0.05, 0) is 24.8 Å². The third-order valence-corrected chi connectivity index (χ3v) is 1.52. The van der Waals surface area contributed by atoms with Crippen molar-refractivity contribution in [3.05, 3.63) is 24.4 Å². The number of hydrazone groups is 1. The molecular weight excluding hydrogens is 150 g/mol. The van der Waals surface area contributed by atoms with E-state index in [1.54, 1.807) is 0 Å². The lowest BCUT2D eigenvalue weighted by Crippen LogP contribution is -2.21. The molecule has 0 aliphatic carbocycles. The van der Waals surface area contributed by atoms with Crippen molar-refractivity contribution in [1.82, 2.24) is 10.7 Å². The third-order valence-electron chi connectivity index (χ3n) is 1.52. The van der Waals surface area contributed by atoms with E-state index in [9.17, 15) is 0 Å². The standard InChI is InChI=1S/C9H15N3/c1-2-5-9-6-3-4-7-10-8-11-12-9/h3-4,6-7,10-11H,2,5,8H2,1H3/b6-3-,7-4+,12-9+. The van der Waals surface area contributed by atoms with Crippen LogP contribution in [-0.2, 0) is 0 Å². The van der Waals surface area contributed by atoms with Crippen molar-refractivity contribution < 1.29 is 0 Å². The van der Waals surface area contributed by atoms with Crippen LogP contribution in [0, 0.1) is 0 Å². The van der Waals surface area contributed by atoms with E-state index in [2.05, 4.69) is 22.8 Å². The molecule has 1 aliphatic rings. The molecule has 3 heteroatoms. The van der Waals surface area contributed by atoms with Crippen LogP contribution in [0.3, 0.4) is 0 Å². The highest BCUT2D eigenvalue weighted by Gasteiger charge is 1.92. The van der Waals surface area contributed by atoms with Gasteiger partial charge < -0.3 is 5.32 Å². The second kappa shape index (κ2) is 5.41. The number of hydrogen-bond acceptors (Lipinski definition) is 3. The van der Waals surface area contributed by atoms with Crippen molar-refractivity contribution in [2.24, 2.45) is 5.10 Å². The van der Waals surface area contributed by atoms with Gasteiger partial charge in [0.25, 0.3) is 0 Å². The number of nitrogens with one attached hydrogen (secondary N) is 2. The van der Waals surface area contributed by atoms with Crippen molar-refractivity contribution >= 4 is 5.71 Å². The first kappa shape index (κ1) is 8.84. The molecule has 0 spiro atoms. The summed E-state index contributed by atoms with van der Waals surface area (Å²) in [6.07, 6.45) is 10.0. The Morgan fingerprint density at radius 3 is 3.25 bits per heavy atom. The molecule has 0 aromatic rings. The van der Waals surface area contributed by atoms with Gasteiger partial charge in [-0.15, -0.1) is 0 Å². The summed E-state index contributed by atoms with van der Waals surface area (Å²) >= 11 is 0.